The highest BCUT2D eigenvalue weighted by Crippen LogP contribution is 2.21. The van der Waals surface area contributed by atoms with Crippen LogP contribution in [-0.4, -0.2) is 24.2 Å². The molecule has 2 heterocycles. The molecule has 0 aromatic carbocycles. The third-order valence-electron chi connectivity index (χ3n) is 1.96. The zero-order chi connectivity index (χ0) is 9.10. The number of ether oxygens (including phenoxy) is 1. The molecule has 2 rings (SSSR count). The summed E-state index contributed by atoms with van der Waals surface area (Å²) in [6.45, 7) is 1.71. The monoisotopic (exact) mass is 262 g/mol. The van der Waals surface area contributed by atoms with E-state index < -0.39 is 0 Å². The van der Waals surface area contributed by atoms with E-state index in [0.717, 1.165) is 29.4 Å². The lowest BCUT2D eigenvalue weighted by molar-refractivity contribution is 0.0876. The van der Waals surface area contributed by atoms with Crippen molar-refractivity contribution in [2.75, 3.05) is 18.5 Å². The maximum atomic E-state index is 5.36. The van der Waals surface area contributed by atoms with Crippen LogP contribution in [0.25, 0.3) is 0 Å². The van der Waals surface area contributed by atoms with Crippen molar-refractivity contribution in [2.24, 2.45) is 0 Å². The minimum Gasteiger partial charge on any atom is -0.379 e. The van der Waals surface area contributed by atoms with E-state index in [-0.39, 0.29) is 0 Å². The van der Waals surface area contributed by atoms with Gasteiger partial charge >= 0.3 is 0 Å². The molecule has 72 valence electrons. The maximum Gasteiger partial charge on any atom is 0.184 e. The predicted octanol–water partition coefficient (Wildman–Crippen LogP) is 2.50. The standard InChI is InChI=1S/C8H11BrN2OS/c9-7-5-13-8(11-7)10-6-2-1-3-12-4-6/h5-6H,1-4H2,(H,10,11). The summed E-state index contributed by atoms with van der Waals surface area (Å²) in [7, 11) is 0. The first-order chi connectivity index (χ1) is 6.34. The highest BCUT2D eigenvalue weighted by molar-refractivity contribution is 9.10. The number of rotatable bonds is 2. The van der Waals surface area contributed by atoms with E-state index in [4.69, 9.17) is 4.74 Å². The van der Waals surface area contributed by atoms with Crippen LogP contribution in [0.5, 0.6) is 0 Å². The molecule has 0 bridgehead atoms. The molecule has 1 fully saturated rings. The number of aromatic nitrogens is 1. The lowest BCUT2D eigenvalue weighted by atomic mass is 10.1. The minimum atomic E-state index is 0.437. The fraction of sp³-hybridized carbons (Fsp3) is 0.625. The smallest absolute Gasteiger partial charge is 0.184 e. The Morgan fingerprint density at radius 1 is 1.69 bits per heavy atom. The van der Waals surface area contributed by atoms with E-state index >= 15 is 0 Å². The minimum absolute atomic E-state index is 0.437. The highest BCUT2D eigenvalue weighted by Gasteiger charge is 2.14. The lowest BCUT2D eigenvalue weighted by Crippen LogP contribution is -2.29. The molecule has 0 aliphatic carbocycles. The second-order valence-corrected chi connectivity index (χ2v) is 4.70. The van der Waals surface area contributed by atoms with Crippen LogP contribution in [0.2, 0.25) is 0 Å². The van der Waals surface area contributed by atoms with Crippen molar-refractivity contribution in [1.82, 2.24) is 4.98 Å². The van der Waals surface area contributed by atoms with Crippen LogP contribution in [0.15, 0.2) is 9.98 Å². The van der Waals surface area contributed by atoms with Gasteiger partial charge in [-0.3, -0.25) is 0 Å². The second-order valence-electron chi connectivity index (χ2n) is 3.03. The van der Waals surface area contributed by atoms with Crippen LogP contribution in [0, 0.1) is 0 Å². The number of nitrogens with zero attached hydrogens (tertiary/aromatic N) is 1. The van der Waals surface area contributed by atoms with Crippen LogP contribution < -0.4 is 5.32 Å². The van der Waals surface area contributed by atoms with Gasteiger partial charge in [0, 0.05) is 12.0 Å². The van der Waals surface area contributed by atoms with Gasteiger partial charge in [-0.1, -0.05) is 0 Å². The van der Waals surface area contributed by atoms with Crippen molar-refractivity contribution < 1.29 is 4.74 Å². The van der Waals surface area contributed by atoms with Crippen molar-refractivity contribution in [2.45, 2.75) is 18.9 Å². The third-order valence-corrected chi connectivity index (χ3v) is 3.45. The van der Waals surface area contributed by atoms with Gasteiger partial charge < -0.3 is 10.1 Å². The zero-order valence-electron chi connectivity index (χ0n) is 7.12. The van der Waals surface area contributed by atoms with Crippen molar-refractivity contribution in [1.29, 1.82) is 0 Å². The SMILES string of the molecule is Brc1csc(NC2CCCOC2)n1. The maximum absolute atomic E-state index is 5.36. The topological polar surface area (TPSA) is 34.1 Å². The molecule has 0 saturated carbocycles. The molecular formula is C8H11BrN2OS. The predicted molar refractivity (Wildman–Crippen MR) is 57.3 cm³/mol. The number of thiazole rings is 1. The fourth-order valence-electron chi connectivity index (χ4n) is 1.35. The summed E-state index contributed by atoms with van der Waals surface area (Å²) in [5.41, 5.74) is 0. The number of hydrogen-bond donors (Lipinski definition) is 1. The summed E-state index contributed by atoms with van der Waals surface area (Å²) in [6, 6.07) is 0.437. The molecular weight excluding hydrogens is 252 g/mol. The Morgan fingerprint density at radius 3 is 3.23 bits per heavy atom. The van der Waals surface area contributed by atoms with Crippen molar-refractivity contribution in [3.63, 3.8) is 0 Å². The quantitative estimate of drug-likeness (QED) is 0.890. The molecule has 0 spiro atoms. The van der Waals surface area contributed by atoms with E-state index in [1.54, 1.807) is 11.3 Å². The normalized spacial score (nSPS) is 23.0. The summed E-state index contributed by atoms with van der Waals surface area (Å²) in [5, 5.41) is 6.31. The molecule has 1 N–H and O–H groups in total. The van der Waals surface area contributed by atoms with Gasteiger partial charge in [0.05, 0.1) is 12.6 Å². The van der Waals surface area contributed by atoms with E-state index in [1.165, 1.54) is 6.42 Å². The summed E-state index contributed by atoms with van der Waals surface area (Å²) in [6.07, 6.45) is 2.32. The van der Waals surface area contributed by atoms with E-state index in [2.05, 4.69) is 26.2 Å². The van der Waals surface area contributed by atoms with Gasteiger partial charge in [-0.15, -0.1) is 11.3 Å². The van der Waals surface area contributed by atoms with Gasteiger partial charge in [-0.2, -0.15) is 0 Å². The highest BCUT2D eigenvalue weighted by atomic mass is 79.9. The Morgan fingerprint density at radius 2 is 2.62 bits per heavy atom. The van der Waals surface area contributed by atoms with Crippen LogP contribution >= 0.6 is 27.3 Å². The number of anilines is 1. The van der Waals surface area contributed by atoms with Gasteiger partial charge in [0.15, 0.2) is 5.13 Å². The number of nitrogens with one attached hydrogen (secondary N) is 1. The van der Waals surface area contributed by atoms with Crippen LogP contribution in [0.1, 0.15) is 12.8 Å². The largest absolute Gasteiger partial charge is 0.379 e. The Bertz CT molecular complexity index is 273. The van der Waals surface area contributed by atoms with Crippen LogP contribution in [0.3, 0.4) is 0 Å². The molecule has 0 radical (unpaired) electrons. The van der Waals surface area contributed by atoms with Gasteiger partial charge in [-0.05, 0) is 28.8 Å². The average Bonchev–Trinajstić information content (AvgIpc) is 2.53. The second kappa shape index (κ2) is 4.39. The molecule has 1 aromatic rings. The van der Waals surface area contributed by atoms with E-state index in [9.17, 15) is 0 Å². The number of halogens is 1. The van der Waals surface area contributed by atoms with Crippen LogP contribution in [0.4, 0.5) is 5.13 Å². The molecule has 13 heavy (non-hydrogen) atoms. The van der Waals surface area contributed by atoms with E-state index in [1.807, 2.05) is 5.38 Å². The summed E-state index contributed by atoms with van der Waals surface area (Å²) in [5.74, 6) is 0. The molecule has 3 nitrogen and oxygen atoms in total. The summed E-state index contributed by atoms with van der Waals surface area (Å²) in [4.78, 5) is 4.27. The molecule has 1 aliphatic heterocycles. The molecule has 1 aliphatic rings. The molecule has 1 atom stereocenters. The molecule has 1 saturated heterocycles. The average molecular weight is 263 g/mol. The van der Waals surface area contributed by atoms with Crippen molar-refractivity contribution in [3.05, 3.63) is 9.98 Å². The number of hydrogen-bond acceptors (Lipinski definition) is 4. The molecule has 5 heteroatoms. The Balaban J connectivity index is 1.89. The first-order valence-corrected chi connectivity index (χ1v) is 5.97. The Labute approximate surface area is 89.6 Å². The Hall–Kier alpha value is -0.130. The molecule has 0 amide bonds. The summed E-state index contributed by atoms with van der Waals surface area (Å²) >= 11 is 4.94. The van der Waals surface area contributed by atoms with Gasteiger partial charge in [0.25, 0.3) is 0 Å². The summed E-state index contributed by atoms with van der Waals surface area (Å²) < 4.78 is 6.26. The van der Waals surface area contributed by atoms with E-state index in [0.29, 0.717) is 6.04 Å². The Kier molecular flexibility index (Phi) is 3.18. The molecule has 1 unspecified atom stereocenters. The van der Waals surface area contributed by atoms with Gasteiger partial charge in [0.2, 0.25) is 0 Å². The first-order valence-electron chi connectivity index (χ1n) is 4.30. The first kappa shape index (κ1) is 9.43. The van der Waals surface area contributed by atoms with Gasteiger partial charge in [-0.25, -0.2) is 4.98 Å². The molecule has 1 aromatic heterocycles. The third kappa shape index (κ3) is 2.65. The fourth-order valence-corrected chi connectivity index (χ4v) is 2.57. The van der Waals surface area contributed by atoms with Crippen molar-refractivity contribution in [3.8, 4) is 0 Å². The lowest BCUT2D eigenvalue weighted by Gasteiger charge is -2.22. The zero-order valence-corrected chi connectivity index (χ0v) is 9.53. The van der Waals surface area contributed by atoms with Gasteiger partial charge in [0.1, 0.15) is 4.60 Å². The van der Waals surface area contributed by atoms with Crippen LogP contribution in [-0.2, 0) is 4.74 Å². The van der Waals surface area contributed by atoms with Crippen molar-refractivity contribution >= 4 is 32.4 Å².